The molecule has 0 saturated carbocycles. The van der Waals surface area contributed by atoms with Crippen LogP contribution in [0.25, 0.3) is 11.2 Å². The fraction of sp³-hybridized carbons (Fsp3) is 0.625. The molecule has 2 fully saturated rings. The Labute approximate surface area is 174 Å². The zero-order valence-electron chi connectivity index (χ0n) is 16.0. The van der Waals surface area contributed by atoms with Gasteiger partial charge in [0.2, 0.25) is 0 Å². The number of anilines is 1. The fourth-order valence-electron chi connectivity index (χ4n) is 4.16. The highest BCUT2D eigenvalue weighted by Crippen LogP contribution is 2.46. The topological polar surface area (TPSA) is 187 Å². The van der Waals surface area contributed by atoms with Crippen LogP contribution in [-0.4, -0.2) is 97.1 Å². The number of alkyl halides is 1. The predicted octanol–water partition coefficient (Wildman–Crippen LogP) is -2.73. The Morgan fingerprint density at radius 3 is 2.60 bits per heavy atom. The minimum Gasteiger partial charge on any atom is -0.394 e. The van der Waals surface area contributed by atoms with Crippen molar-refractivity contribution in [3.8, 4) is 0 Å². The van der Waals surface area contributed by atoms with Gasteiger partial charge in [-0.3, -0.25) is 9.36 Å². The van der Waals surface area contributed by atoms with Crippen molar-refractivity contribution in [2.24, 2.45) is 0 Å². The number of imidazole rings is 1. The third kappa shape index (κ3) is 2.51. The summed E-state index contributed by atoms with van der Waals surface area (Å²) >= 11 is 6.61. The van der Waals surface area contributed by atoms with Crippen LogP contribution in [0.4, 0.5) is 5.82 Å². The minimum absolute atomic E-state index is 0.0710. The first kappa shape index (κ1) is 21.1. The molecule has 6 atom stereocenters. The summed E-state index contributed by atoms with van der Waals surface area (Å²) in [6.07, 6.45) is -1.93. The summed E-state index contributed by atoms with van der Waals surface area (Å²) in [6, 6.07) is -1.21. The van der Waals surface area contributed by atoms with Gasteiger partial charge in [-0.05, 0) is 0 Å². The monoisotopic (exact) mass is 444 g/mol. The van der Waals surface area contributed by atoms with Crippen molar-refractivity contribution in [3.63, 3.8) is 0 Å². The molecular weight excluding hydrogens is 424 g/mol. The molecule has 2 unspecified atom stereocenters. The lowest BCUT2D eigenvalue weighted by Gasteiger charge is -2.40. The number of halogens is 1. The van der Waals surface area contributed by atoms with E-state index in [-0.39, 0.29) is 17.0 Å². The predicted molar refractivity (Wildman–Crippen MR) is 100 cm³/mol. The van der Waals surface area contributed by atoms with Crippen molar-refractivity contribution in [2.75, 3.05) is 26.6 Å². The standard InChI is InChI=1S/C16H21ClN6O7/c1-28-16(29-2)9(17)10(22-14(16)27)15(11(26)8(25)6(3-24)30-15)23-5-21-7-12(18)19-4-20-13(7)23/h4-6,8-11,24-26H,3H2,1-2H3,(H,22,27)(H2,18,19,20)/t6-,8-,9?,10?,11-,15-/m1/s1. The van der Waals surface area contributed by atoms with Gasteiger partial charge in [-0.15, -0.1) is 11.6 Å². The highest BCUT2D eigenvalue weighted by atomic mass is 35.5. The molecule has 30 heavy (non-hydrogen) atoms. The zero-order valence-corrected chi connectivity index (χ0v) is 16.7. The van der Waals surface area contributed by atoms with Crippen LogP contribution < -0.4 is 11.1 Å². The summed E-state index contributed by atoms with van der Waals surface area (Å²) < 4.78 is 17.8. The van der Waals surface area contributed by atoms with E-state index >= 15 is 0 Å². The lowest BCUT2D eigenvalue weighted by Crippen LogP contribution is -2.61. The molecule has 13 nitrogen and oxygen atoms in total. The van der Waals surface area contributed by atoms with Crippen LogP contribution in [0.2, 0.25) is 0 Å². The number of ether oxygens (including phenoxy) is 3. The number of hydrogen-bond acceptors (Lipinski definition) is 11. The van der Waals surface area contributed by atoms with Crippen LogP contribution >= 0.6 is 11.6 Å². The average molecular weight is 445 g/mol. The highest BCUT2D eigenvalue weighted by molar-refractivity contribution is 6.25. The molecule has 2 aromatic heterocycles. The number of aromatic nitrogens is 4. The molecule has 4 heterocycles. The van der Waals surface area contributed by atoms with Crippen molar-refractivity contribution >= 4 is 34.5 Å². The second-order valence-corrected chi connectivity index (χ2v) is 7.47. The molecule has 0 radical (unpaired) electrons. The molecule has 164 valence electrons. The Balaban J connectivity index is 1.95. The summed E-state index contributed by atoms with van der Waals surface area (Å²) in [4.78, 5) is 24.9. The molecular formula is C16H21ClN6O7. The van der Waals surface area contributed by atoms with Crippen LogP contribution in [0.1, 0.15) is 0 Å². The number of hydrogen-bond donors (Lipinski definition) is 5. The lowest BCUT2D eigenvalue weighted by atomic mass is 9.92. The van der Waals surface area contributed by atoms with Gasteiger partial charge >= 0.3 is 0 Å². The normalized spacial score (nSPS) is 35.8. The van der Waals surface area contributed by atoms with Gasteiger partial charge in [0.1, 0.15) is 41.6 Å². The van der Waals surface area contributed by atoms with Crippen LogP contribution in [0.5, 0.6) is 0 Å². The smallest absolute Gasteiger partial charge is 0.282 e. The largest absolute Gasteiger partial charge is 0.394 e. The average Bonchev–Trinajstić information content (AvgIpc) is 3.36. The molecule has 2 aliphatic heterocycles. The maximum Gasteiger partial charge on any atom is 0.282 e. The maximum absolute atomic E-state index is 12.7. The van der Waals surface area contributed by atoms with Crippen LogP contribution in [0.3, 0.4) is 0 Å². The van der Waals surface area contributed by atoms with Crippen molar-refractivity contribution in [1.82, 2.24) is 24.8 Å². The summed E-state index contributed by atoms with van der Waals surface area (Å²) in [5.41, 5.74) is 4.27. The van der Waals surface area contributed by atoms with Crippen LogP contribution in [0.15, 0.2) is 12.7 Å². The molecule has 2 aromatic rings. The molecule has 6 N–H and O–H groups in total. The van der Waals surface area contributed by atoms with Crippen molar-refractivity contribution < 1.29 is 34.3 Å². The van der Waals surface area contributed by atoms with E-state index in [1.165, 1.54) is 31.4 Å². The number of carbonyl (C=O) groups excluding carboxylic acids is 1. The van der Waals surface area contributed by atoms with Crippen LogP contribution in [0, 0.1) is 0 Å². The van der Waals surface area contributed by atoms with Gasteiger partial charge in [0.25, 0.3) is 11.7 Å². The van der Waals surface area contributed by atoms with E-state index in [1.807, 2.05) is 0 Å². The minimum atomic E-state index is -1.94. The zero-order chi connectivity index (χ0) is 21.8. The molecule has 1 amide bonds. The number of methoxy groups -OCH3 is 2. The second kappa shape index (κ2) is 7.23. The van der Waals surface area contributed by atoms with E-state index in [0.717, 1.165) is 0 Å². The van der Waals surface area contributed by atoms with E-state index in [1.54, 1.807) is 0 Å². The summed E-state index contributed by atoms with van der Waals surface area (Å²) in [5, 5.41) is 32.7. The number of aliphatic hydroxyl groups excluding tert-OH is 3. The number of nitrogens with zero attached hydrogens (tertiary/aromatic N) is 4. The second-order valence-electron chi connectivity index (χ2n) is 7.00. The van der Waals surface area contributed by atoms with E-state index in [9.17, 15) is 20.1 Å². The number of nitrogens with one attached hydrogen (secondary N) is 1. The van der Waals surface area contributed by atoms with Crippen molar-refractivity contribution in [2.45, 2.75) is 41.2 Å². The van der Waals surface area contributed by atoms with E-state index in [4.69, 9.17) is 31.5 Å². The van der Waals surface area contributed by atoms with Gasteiger partial charge in [-0.1, -0.05) is 0 Å². The van der Waals surface area contributed by atoms with E-state index in [0.29, 0.717) is 0 Å². The van der Waals surface area contributed by atoms with Gasteiger partial charge in [-0.25, -0.2) is 15.0 Å². The Morgan fingerprint density at radius 2 is 2.03 bits per heavy atom. The van der Waals surface area contributed by atoms with Gasteiger partial charge in [0.15, 0.2) is 17.2 Å². The number of carbonyl (C=O) groups is 1. The Morgan fingerprint density at radius 1 is 1.33 bits per heavy atom. The molecule has 0 bridgehead atoms. The van der Waals surface area contributed by atoms with Gasteiger partial charge in [0, 0.05) is 14.2 Å². The number of nitrogens with two attached hydrogens (primary N) is 1. The quantitative estimate of drug-likeness (QED) is 0.238. The lowest BCUT2D eigenvalue weighted by molar-refractivity contribution is -0.207. The highest BCUT2D eigenvalue weighted by Gasteiger charge is 2.69. The molecule has 4 rings (SSSR count). The third-order valence-corrected chi connectivity index (χ3v) is 6.24. The van der Waals surface area contributed by atoms with Crippen molar-refractivity contribution in [1.29, 1.82) is 0 Å². The first-order valence-electron chi connectivity index (χ1n) is 8.92. The summed E-state index contributed by atoms with van der Waals surface area (Å²) in [7, 11) is 2.48. The molecule has 0 aromatic carbocycles. The van der Waals surface area contributed by atoms with E-state index < -0.39 is 53.8 Å². The number of aliphatic hydroxyl groups is 3. The van der Waals surface area contributed by atoms with Gasteiger partial charge in [-0.2, -0.15) is 0 Å². The first-order valence-corrected chi connectivity index (χ1v) is 9.36. The molecule has 2 saturated heterocycles. The maximum atomic E-state index is 12.7. The number of amides is 1. The number of fused-ring (bicyclic) bond motifs is 1. The molecule has 2 aliphatic rings. The Hall–Kier alpha value is -2.13. The summed E-state index contributed by atoms with van der Waals surface area (Å²) in [5.74, 6) is -2.54. The van der Waals surface area contributed by atoms with Crippen LogP contribution in [-0.2, 0) is 24.7 Å². The Kier molecular flexibility index (Phi) is 5.09. The Bertz CT molecular complexity index is 971. The first-order chi connectivity index (χ1) is 14.3. The van der Waals surface area contributed by atoms with Gasteiger partial charge in [0.05, 0.1) is 12.9 Å². The number of rotatable bonds is 5. The molecule has 0 spiro atoms. The van der Waals surface area contributed by atoms with Gasteiger partial charge < -0.3 is 40.6 Å². The molecule has 0 aliphatic carbocycles. The fourth-order valence-corrected chi connectivity index (χ4v) is 4.68. The third-order valence-electron chi connectivity index (χ3n) is 5.70. The number of nitrogen functional groups attached to an aromatic ring is 1. The molecule has 14 heteroatoms. The van der Waals surface area contributed by atoms with Crippen molar-refractivity contribution in [3.05, 3.63) is 12.7 Å². The van der Waals surface area contributed by atoms with E-state index in [2.05, 4.69) is 20.3 Å². The summed E-state index contributed by atoms with van der Waals surface area (Å²) in [6.45, 7) is -0.614. The SMILES string of the molecule is COC1(OC)C(=O)NC([C@@]2(n3cnc4c(N)ncnc43)O[C@H](CO)[C@@H](O)[C@H]2O)C1Cl.